The number of unbranched alkanes of at least 4 members (excludes halogenated alkanes) is 2. The van der Waals surface area contributed by atoms with E-state index in [2.05, 4.69) is 17.2 Å². The van der Waals surface area contributed by atoms with Crippen LogP contribution >= 0.6 is 34.8 Å². The fourth-order valence-corrected chi connectivity index (χ4v) is 1.97. The molecule has 0 unspecified atom stereocenters. The van der Waals surface area contributed by atoms with Crippen LogP contribution in [0.1, 0.15) is 42.4 Å². The topological polar surface area (TPSA) is 68.0 Å². The summed E-state index contributed by atoms with van der Waals surface area (Å²) in [6.07, 6.45) is 2.85. The first-order valence-electron chi connectivity index (χ1n) is 5.12. The molecule has 1 rings (SSSR count). The fourth-order valence-electron chi connectivity index (χ4n) is 1.41. The lowest BCUT2D eigenvalue weighted by molar-refractivity contribution is 0.0689. The molecule has 0 saturated heterocycles. The van der Waals surface area contributed by atoms with Gasteiger partial charge in [0.15, 0.2) is 5.69 Å². The standard InChI is InChI=1S/C9H12Cl3N3O2/c1-2-3-4-5-15-7(9(10,11)12)6(8(16)17)13-14-15/h2-5H2,1H3,(H,16,17). The summed E-state index contributed by atoms with van der Waals surface area (Å²) >= 11 is 17.2. The SMILES string of the molecule is CCCCCn1nnc(C(=O)O)c1C(Cl)(Cl)Cl. The monoisotopic (exact) mass is 299 g/mol. The largest absolute Gasteiger partial charge is 0.476 e. The Kier molecular flexibility index (Phi) is 5.04. The van der Waals surface area contributed by atoms with Crippen LogP contribution in [0, 0.1) is 0 Å². The van der Waals surface area contributed by atoms with Crippen molar-refractivity contribution in [3.8, 4) is 0 Å². The maximum Gasteiger partial charge on any atom is 0.358 e. The number of carboxylic acid groups (broad SMARTS) is 1. The van der Waals surface area contributed by atoms with Crippen LogP contribution in [0.4, 0.5) is 0 Å². The summed E-state index contributed by atoms with van der Waals surface area (Å²) in [7, 11) is 0. The highest BCUT2D eigenvalue weighted by atomic mass is 35.6. The van der Waals surface area contributed by atoms with Gasteiger partial charge in [-0.2, -0.15) is 0 Å². The van der Waals surface area contributed by atoms with Gasteiger partial charge in [0.2, 0.25) is 3.79 Å². The van der Waals surface area contributed by atoms with Gasteiger partial charge in [-0.25, -0.2) is 9.48 Å². The van der Waals surface area contributed by atoms with Crippen LogP contribution in [0.2, 0.25) is 0 Å². The Morgan fingerprint density at radius 3 is 2.53 bits per heavy atom. The van der Waals surface area contributed by atoms with Gasteiger partial charge in [-0.05, 0) is 6.42 Å². The number of alkyl halides is 3. The van der Waals surface area contributed by atoms with Crippen LogP contribution in [-0.4, -0.2) is 26.1 Å². The Morgan fingerprint density at radius 1 is 1.41 bits per heavy atom. The van der Waals surface area contributed by atoms with Crippen molar-refractivity contribution in [2.45, 2.75) is 36.5 Å². The van der Waals surface area contributed by atoms with Crippen LogP contribution in [0.5, 0.6) is 0 Å². The van der Waals surface area contributed by atoms with E-state index in [0.29, 0.717) is 6.54 Å². The van der Waals surface area contributed by atoms with E-state index in [-0.39, 0.29) is 11.4 Å². The second-order valence-electron chi connectivity index (χ2n) is 3.52. The molecule has 0 aromatic carbocycles. The molecule has 1 aromatic rings. The Bertz CT molecular complexity index is 401. The molecule has 0 fully saturated rings. The first kappa shape index (κ1) is 14.5. The summed E-state index contributed by atoms with van der Waals surface area (Å²) in [4.78, 5) is 10.9. The lowest BCUT2D eigenvalue weighted by Gasteiger charge is -2.13. The average molecular weight is 301 g/mol. The number of hydrogen-bond acceptors (Lipinski definition) is 3. The number of rotatable bonds is 5. The third-order valence-corrected chi connectivity index (χ3v) is 2.72. The summed E-state index contributed by atoms with van der Waals surface area (Å²) < 4.78 is -0.504. The lowest BCUT2D eigenvalue weighted by Crippen LogP contribution is -2.16. The van der Waals surface area contributed by atoms with Crippen molar-refractivity contribution in [3.05, 3.63) is 11.4 Å². The molecule has 1 N–H and O–H groups in total. The zero-order valence-electron chi connectivity index (χ0n) is 9.16. The van der Waals surface area contributed by atoms with Crippen LogP contribution in [0.15, 0.2) is 0 Å². The van der Waals surface area contributed by atoms with Crippen molar-refractivity contribution < 1.29 is 9.90 Å². The summed E-state index contributed by atoms with van der Waals surface area (Å²) in [5, 5.41) is 16.2. The van der Waals surface area contributed by atoms with Gasteiger partial charge in [-0.3, -0.25) is 0 Å². The molecule has 0 amide bonds. The van der Waals surface area contributed by atoms with Gasteiger partial charge in [-0.1, -0.05) is 59.8 Å². The molecule has 0 radical (unpaired) electrons. The van der Waals surface area contributed by atoms with Crippen molar-refractivity contribution in [1.82, 2.24) is 15.0 Å². The molecule has 1 heterocycles. The molecule has 17 heavy (non-hydrogen) atoms. The van der Waals surface area contributed by atoms with Gasteiger partial charge in [0, 0.05) is 6.54 Å². The molecular weight excluding hydrogens is 288 g/mol. The van der Waals surface area contributed by atoms with Gasteiger partial charge in [-0.15, -0.1) is 5.10 Å². The van der Waals surface area contributed by atoms with Crippen molar-refractivity contribution in [3.63, 3.8) is 0 Å². The highest BCUT2D eigenvalue weighted by Crippen LogP contribution is 2.39. The number of aromatic carboxylic acids is 1. The molecule has 0 atom stereocenters. The van der Waals surface area contributed by atoms with E-state index in [9.17, 15) is 4.79 Å². The van der Waals surface area contributed by atoms with Gasteiger partial charge >= 0.3 is 5.97 Å². The minimum atomic E-state index is -1.84. The van der Waals surface area contributed by atoms with Crippen LogP contribution in [0.3, 0.4) is 0 Å². The maximum absolute atomic E-state index is 10.9. The van der Waals surface area contributed by atoms with E-state index in [4.69, 9.17) is 39.9 Å². The molecule has 96 valence electrons. The molecule has 0 bridgehead atoms. The minimum Gasteiger partial charge on any atom is -0.476 e. The molecular formula is C9H12Cl3N3O2. The quantitative estimate of drug-likeness (QED) is 0.670. The molecule has 8 heteroatoms. The average Bonchev–Trinajstić information content (AvgIpc) is 2.61. The number of carboxylic acids is 1. The molecule has 5 nitrogen and oxygen atoms in total. The van der Waals surface area contributed by atoms with E-state index in [1.54, 1.807) is 0 Å². The van der Waals surface area contributed by atoms with Crippen molar-refractivity contribution in [2.75, 3.05) is 0 Å². The second kappa shape index (κ2) is 5.89. The molecule has 0 aliphatic carbocycles. The third kappa shape index (κ3) is 3.72. The number of halogens is 3. The Balaban J connectivity index is 3.01. The normalized spacial score (nSPS) is 11.8. The predicted octanol–water partition coefficient (Wildman–Crippen LogP) is 2.99. The second-order valence-corrected chi connectivity index (χ2v) is 5.80. The summed E-state index contributed by atoms with van der Waals surface area (Å²) in [5.74, 6) is -1.26. The highest BCUT2D eigenvalue weighted by Gasteiger charge is 2.35. The summed E-state index contributed by atoms with van der Waals surface area (Å²) in [6.45, 7) is 2.54. The van der Waals surface area contributed by atoms with Crippen molar-refractivity contribution >= 4 is 40.8 Å². The van der Waals surface area contributed by atoms with Crippen LogP contribution < -0.4 is 0 Å². The van der Waals surface area contributed by atoms with Gasteiger partial charge < -0.3 is 5.11 Å². The maximum atomic E-state index is 10.9. The predicted molar refractivity (Wildman–Crippen MR) is 65.7 cm³/mol. The van der Waals surface area contributed by atoms with E-state index in [1.807, 2.05) is 0 Å². The van der Waals surface area contributed by atoms with E-state index in [1.165, 1.54) is 4.68 Å². The zero-order chi connectivity index (χ0) is 13.1. The van der Waals surface area contributed by atoms with E-state index < -0.39 is 9.76 Å². The van der Waals surface area contributed by atoms with Gasteiger partial charge in [0.1, 0.15) is 5.69 Å². The highest BCUT2D eigenvalue weighted by molar-refractivity contribution is 6.66. The molecule has 0 aliphatic heterocycles. The molecule has 0 aliphatic rings. The number of nitrogens with zero attached hydrogens (tertiary/aromatic N) is 3. The minimum absolute atomic E-state index is 0.00565. The van der Waals surface area contributed by atoms with Gasteiger partial charge in [0.25, 0.3) is 0 Å². The fraction of sp³-hybridized carbons (Fsp3) is 0.667. The van der Waals surface area contributed by atoms with Crippen LogP contribution in [-0.2, 0) is 10.3 Å². The molecule has 1 aromatic heterocycles. The van der Waals surface area contributed by atoms with Crippen molar-refractivity contribution in [1.29, 1.82) is 0 Å². The zero-order valence-corrected chi connectivity index (χ0v) is 11.4. The molecule has 0 spiro atoms. The lowest BCUT2D eigenvalue weighted by atomic mass is 10.2. The number of aryl methyl sites for hydroxylation is 1. The first-order chi connectivity index (χ1) is 7.88. The van der Waals surface area contributed by atoms with Crippen LogP contribution in [0.25, 0.3) is 0 Å². The van der Waals surface area contributed by atoms with E-state index in [0.717, 1.165) is 19.3 Å². The Morgan fingerprint density at radius 2 is 2.06 bits per heavy atom. The Labute approximate surface area is 114 Å². The van der Waals surface area contributed by atoms with E-state index >= 15 is 0 Å². The number of hydrogen-bond donors (Lipinski definition) is 1. The smallest absolute Gasteiger partial charge is 0.358 e. The number of carbonyl (C=O) groups is 1. The number of aromatic nitrogens is 3. The first-order valence-corrected chi connectivity index (χ1v) is 6.25. The molecule has 0 saturated carbocycles. The summed E-state index contributed by atoms with van der Waals surface area (Å²) in [5.41, 5.74) is -0.312. The van der Waals surface area contributed by atoms with Gasteiger partial charge in [0.05, 0.1) is 0 Å². The summed E-state index contributed by atoms with van der Waals surface area (Å²) in [6, 6.07) is 0. The third-order valence-electron chi connectivity index (χ3n) is 2.18. The van der Waals surface area contributed by atoms with Crippen molar-refractivity contribution in [2.24, 2.45) is 0 Å². The Hall–Kier alpha value is -0.520.